The van der Waals surface area contributed by atoms with Crippen LogP contribution in [0, 0.1) is 0 Å². The SMILES string of the molecule is CCCCCCCCCCCCCCCCNC(=O)OCCSCC(N)C(=O)NC(CO)C(=O)OC. The molecule has 0 saturated carbocycles. The summed E-state index contributed by atoms with van der Waals surface area (Å²) in [5.74, 6) is -0.513. The van der Waals surface area contributed by atoms with E-state index in [1.807, 2.05) is 0 Å². The summed E-state index contributed by atoms with van der Waals surface area (Å²) in [4.78, 5) is 35.1. The van der Waals surface area contributed by atoms with E-state index < -0.39 is 36.7 Å². The molecule has 0 aliphatic carbocycles. The minimum Gasteiger partial charge on any atom is -0.467 e. The van der Waals surface area contributed by atoms with Crippen molar-refractivity contribution in [3.05, 3.63) is 0 Å². The molecule has 0 spiro atoms. The monoisotopic (exact) mass is 533 g/mol. The van der Waals surface area contributed by atoms with E-state index in [0.29, 0.717) is 12.3 Å². The van der Waals surface area contributed by atoms with Gasteiger partial charge >= 0.3 is 12.1 Å². The molecule has 9 nitrogen and oxygen atoms in total. The molecule has 2 amide bonds. The van der Waals surface area contributed by atoms with Gasteiger partial charge in [0.25, 0.3) is 0 Å². The number of thioether (sulfide) groups is 1. The molecule has 0 aromatic rings. The Labute approximate surface area is 222 Å². The highest BCUT2D eigenvalue weighted by Crippen LogP contribution is 2.12. The van der Waals surface area contributed by atoms with Gasteiger partial charge < -0.3 is 30.9 Å². The third kappa shape index (κ3) is 20.7. The van der Waals surface area contributed by atoms with Gasteiger partial charge in [-0.15, -0.1) is 0 Å². The van der Waals surface area contributed by atoms with E-state index in [2.05, 4.69) is 22.3 Å². The lowest BCUT2D eigenvalue weighted by Gasteiger charge is -2.17. The first-order valence-electron chi connectivity index (χ1n) is 13.7. The smallest absolute Gasteiger partial charge is 0.407 e. The van der Waals surface area contributed by atoms with E-state index in [-0.39, 0.29) is 12.4 Å². The number of unbranched alkanes of at least 4 members (excludes halogenated alkanes) is 13. The Morgan fingerprint density at radius 1 is 0.889 bits per heavy atom. The number of amides is 2. The molecule has 2 atom stereocenters. The largest absolute Gasteiger partial charge is 0.467 e. The number of hydrogen-bond donors (Lipinski definition) is 4. The van der Waals surface area contributed by atoms with Gasteiger partial charge in [-0.2, -0.15) is 11.8 Å². The highest BCUT2D eigenvalue weighted by Gasteiger charge is 2.23. The lowest BCUT2D eigenvalue weighted by atomic mass is 10.0. The Bertz CT molecular complexity index is 568. The third-order valence-electron chi connectivity index (χ3n) is 5.88. The number of aliphatic hydroxyl groups is 1. The summed E-state index contributed by atoms with van der Waals surface area (Å²) in [6, 6.07) is -1.99. The normalized spacial score (nSPS) is 12.6. The van der Waals surface area contributed by atoms with Crippen LogP contribution < -0.4 is 16.4 Å². The third-order valence-corrected chi connectivity index (χ3v) is 6.93. The minimum absolute atomic E-state index is 0.213. The second-order valence-electron chi connectivity index (χ2n) is 9.11. The molecular formula is C26H51N3O6S. The molecule has 0 aromatic carbocycles. The van der Waals surface area contributed by atoms with Crippen molar-refractivity contribution in [3.63, 3.8) is 0 Å². The van der Waals surface area contributed by atoms with Gasteiger partial charge in [0.2, 0.25) is 5.91 Å². The Morgan fingerprint density at radius 3 is 1.92 bits per heavy atom. The minimum atomic E-state index is -1.13. The van der Waals surface area contributed by atoms with E-state index in [1.165, 1.54) is 95.9 Å². The first-order valence-corrected chi connectivity index (χ1v) is 14.8. The number of alkyl carbamates (subject to hydrolysis) is 1. The van der Waals surface area contributed by atoms with E-state index in [0.717, 1.165) is 12.8 Å². The average Bonchev–Trinajstić information content (AvgIpc) is 2.88. The molecule has 212 valence electrons. The Morgan fingerprint density at radius 2 is 1.42 bits per heavy atom. The number of rotatable bonds is 24. The molecular weight excluding hydrogens is 482 g/mol. The molecule has 0 aliphatic heterocycles. The molecule has 0 aliphatic rings. The summed E-state index contributed by atoms with van der Waals surface area (Å²) in [5.41, 5.74) is 5.79. The number of nitrogens with two attached hydrogens (primary N) is 1. The summed E-state index contributed by atoms with van der Waals surface area (Å²) in [6.45, 7) is 2.51. The predicted octanol–water partition coefficient (Wildman–Crippen LogP) is 3.90. The number of carbonyl (C=O) groups excluding carboxylic acids is 3. The molecule has 0 rings (SSSR count). The van der Waals surface area contributed by atoms with Crippen LogP contribution in [0.25, 0.3) is 0 Å². The molecule has 0 heterocycles. The van der Waals surface area contributed by atoms with E-state index in [1.54, 1.807) is 0 Å². The molecule has 5 N–H and O–H groups in total. The van der Waals surface area contributed by atoms with Crippen LogP contribution in [0.4, 0.5) is 4.79 Å². The van der Waals surface area contributed by atoms with Crippen LogP contribution in [-0.4, -0.2) is 73.5 Å². The topological polar surface area (TPSA) is 140 Å². The van der Waals surface area contributed by atoms with E-state index >= 15 is 0 Å². The van der Waals surface area contributed by atoms with Gasteiger partial charge in [0.15, 0.2) is 6.04 Å². The number of hydrogen-bond acceptors (Lipinski definition) is 8. The van der Waals surface area contributed by atoms with Crippen LogP contribution in [0.5, 0.6) is 0 Å². The van der Waals surface area contributed by atoms with Gasteiger partial charge in [-0.25, -0.2) is 9.59 Å². The molecule has 10 heteroatoms. The Balaban J connectivity index is 3.50. The predicted molar refractivity (Wildman–Crippen MR) is 146 cm³/mol. The maximum atomic E-state index is 12.0. The van der Waals surface area contributed by atoms with Crippen molar-refractivity contribution in [2.24, 2.45) is 5.73 Å². The van der Waals surface area contributed by atoms with Gasteiger partial charge in [-0.05, 0) is 6.42 Å². The zero-order chi connectivity index (χ0) is 26.9. The fourth-order valence-electron chi connectivity index (χ4n) is 3.64. The van der Waals surface area contributed by atoms with Crippen molar-refractivity contribution in [1.29, 1.82) is 0 Å². The van der Waals surface area contributed by atoms with Crippen LogP contribution in [-0.2, 0) is 19.1 Å². The number of carbonyl (C=O) groups is 3. The van der Waals surface area contributed by atoms with Gasteiger partial charge in [0.1, 0.15) is 6.61 Å². The number of methoxy groups -OCH3 is 1. The van der Waals surface area contributed by atoms with Crippen molar-refractivity contribution in [2.75, 3.05) is 38.4 Å². The number of ether oxygens (including phenoxy) is 2. The Hall–Kier alpha value is -1.52. The number of esters is 1. The molecule has 36 heavy (non-hydrogen) atoms. The van der Waals surface area contributed by atoms with Crippen LogP contribution in [0.3, 0.4) is 0 Å². The lowest BCUT2D eigenvalue weighted by molar-refractivity contribution is -0.146. The maximum absolute atomic E-state index is 12.0. The van der Waals surface area contributed by atoms with Gasteiger partial charge in [-0.1, -0.05) is 90.4 Å². The molecule has 0 radical (unpaired) electrons. The molecule has 0 saturated heterocycles. The van der Waals surface area contributed by atoms with Crippen molar-refractivity contribution >= 4 is 29.7 Å². The van der Waals surface area contributed by atoms with Crippen LogP contribution in [0.15, 0.2) is 0 Å². The summed E-state index contributed by atoms with van der Waals surface area (Å²) < 4.78 is 9.61. The fraction of sp³-hybridized carbons (Fsp3) is 0.885. The van der Waals surface area contributed by atoms with Crippen molar-refractivity contribution in [2.45, 2.75) is 109 Å². The second-order valence-corrected chi connectivity index (χ2v) is 10.3. The second kappa shape index (κ2) is 25.1. The van der Waals surface area contributed by atoms with E-state index in [9.17, 15) is 14.4 Å². The van der Waals surface area contributed by atoms with Gasteiger partial charge in [0, 0.05) is 18.1 Å². The van der Waals surface area contributed by atoms with Crippen LogP contribution in [0.2, 0.25) is 0 Å². The lowest BCUT2D eigenvalue weighted by Crippen LogP contribution is -2.51. The van der Waals surface area contributed by atoms with Gasteiger partial charge in [0.05, 0.1) is 19.8 Å². The zero-order valence-electron chi connectivity index (χ0n) is 22.6. The van der Waals surface area contributed by atoms with Crippen molar-refractivity contribution in [1.82, 2.24) is 10.6 Å². The Kier molecular flexibility index (Phi) is 24.1. The van der Waals surface area contributed by atoms with Crippen LogP contribution in [0.1, 0.15) is 96.8 Å². The number of aliphatic hydroxyl groups excluding tert-OH is 1. The molecule has 2 unspecified atom stereocenters. The van der Waals surface area contributed by atoms with E-state index in [4.69, 9.17) is 15.6 Å². The molecule has 0 aromatic heterocycles. The first kappa shape index (κ1) is 34.5. The number of nitrogens with one attached hydrogen (secondary N) is 2. The summed E-state index contributed by atoms with van der Waals surface area (Å²) >= 11 is 1.36. The summed E-state index contributed by atoms with van der Waals surface area (Å²) in [5, 5.41) is 14.2. The summed E-state index contributed by atoms with van der Waals surface area (Å²) in [6.07, 6.45) is 17.8. The summed E-state index contributed by atoms with van der Waals surface area (Å²) in [7, 11) is 1.17. The molecule has 0 bridgehead atoms. The highest BCUT2D eigenvalue weighted by atomic mass is 32.2. The van der Waals surface area contributed by atoms with Crippen LogP contribution >= 0.6 is 11.8 Å². The average molecular weight is 534 g/mol. The zero-order valence-corrected chi connectivity index (χ0v) is 23.4. The van der Waals surface area contributed by atoms with Crippen molar-refractivity contribution < 1.29 is 29.0 Å². The fourth-order valence-corrected chi connectivity index (χ4v) is 4.41. The van der Waals surface area contributed by atoms with Gasteiger partial charge in [-0.3, -0.25) is 4.79 Å². The quantitative estimate of drug-likeness (QED) is 0.108. The highest BCUT2D eigenvalue weighted by molar-refractivity contribution is 7.99. The molecule has 0 fully saturated rings. The van der Waals surface area contributed by atoms with Crippen molar-refractivity contribution in [3.8, 4) is 0 Å². The maximum Gasteiger partial charge on any atom is 0.407 e. The standard InChI is InChI=1S/C26H51N3O6S/c1-3-4-5-6-7-8-9-10-11-12-13-14-15-16-17-28-26(33)35-18-19-36-21-22(27)24(31)29-23(20-30)25(32)34-2/h22-23,30H,3-21,27H2,1-2H3,(H,28,33)(H,29,31). The first-order chi connectivity index (χ1) is 17.5.